The van der Waals surface area contributed by atoms with Crippen LogP contribution in [0.25, 0.3) is 0 Å². The molecule has 2 aromatic heterocycles. The minimum atomic E-state index is -0.431. The number of likely N-dealkylation sites (tertiary alicyclic amines) is 1. The number of nitrogens with zero attached hydrogens (tertiary/aromatic N) is 3. The van der Waals surface area contributed by atoms with Gasteiger partial charge in [-0.05, 0) is 56.4 Å². The number of pyridine rings is 1. The molecule has 8 nitrogen and oxygen atoms in total. The van der Waals surface area contributed by atoms with Crippen LogP contribution in [0.1, 0.15) is 51.7 Å². The van der Waals surface area contributed by atoms with Crippen LogP contribution in [0.15, 0.2) is 51.9 Å². The normalized spacial score (nSPS) is 15.7. The molecule has 2 amide bonds. The van der Waals surface area contributed by atoms with Gasteiger partial charge in [-0.2, -0.15) is 0 Å². The third-order valence-corrected chi connectivity index (χ3v) is 5.87. The lowest BCUT2D eigenvalue weighted by Crippen LogP contribution is -2.33. The Kier molecular flexibility index (Phi) is 5.94. The van der Waals surface area contributed by atoms with Crippen LogP contribution in [0.2, 0.25) is 0 Å². The first-order valence-corrected chi connectivity index (χ1v) is 10.6. The van der Waals surface area contributed by atoms with E-state index in [1.807, 2.05) is 4.90 Å². The van der Waals surface area contributed by atoms with Gasteiger partial charge in [0.2, 0.25) is 5.91 Å². The van der Waals surface area contributed by atoms with Crippen molar-refractivity contribution in [3.63, 3.8) is 0 Å². The summed E-state index contributed by atoms with van der Waals surface area (Å²) in [5.74, 6) is 0.265. The highest BCUT2D eigenvalue weighted by atomic mass is 16.5. The van der Waals surface area contributed by atoms with Crippen molar-refractivity contribution in [3.05, 3.63) is 81.0 Å². The fourth-order valence-electron chi connectivity index (χ4n) is 4.04. The molecule has 3 heterocycles. The number of aromatic nitrogens is 2. The molecule has 166 valence electrons. The largest absolute Gasteiger partial charge is 0.360 e. The van der Waals surface area contributed by atoms with Gasteiger partial charge in [-0.1, -0.05) is 23.4 Å². The summed E-state index contributed by atoms with van der Waals surface area (Å²) in [6.45, 7) is 6.28. The molecule has 4 rings (SSSR count). The number of nitrogens with one attached hydrogen (secondary N) is 1. The monoisotopic (exact) mass is 434 g/mol. The molecule has 32 heavy (non-hydrogen) atoms. The van der Waals surface area contributed by atoms with Gasteiger partial charge in [0.15, 0.2) is 5.82 Å². The van der Waals surface area contributed by atoms with Crippen LogP contribution in [0.4, 0.5) is 5.82 Å². The summed E-state index contributed by atoms with van der Waals surface area (Å²) < 4.78 is 6.16. The molecule has 0 bridgehead atoms. The van der Waals surface area contributed by atoms with E-state index in [-0.39, 0.29) is 29.9 Å². The highest BCUT2D eigenvalue weighted by Crippen LogP contribution is 2.33. The summed E-state index contributed by atoms with van der Waals surface area (Å²) in [4.78, 5) is 39.8. The van der Waals surface area contributed by atoms with Gasteiger partial charge in [-0.15, -0.1) is 0 Å². The molecule has 1 unspecified atom stereocenters. The summed E-state index contributed by atoms with van der Waals surface area (Å²) in [5, 5.41) is 6.29. The molecule has 1 saturated heterocycles. The van der Waals surface area contributed by atoms with Gasteiger partial charge in [0.1, 0.15) is 12.3 Å². The van der Waals surface area contributed by atoms with Gasteiger partial charge in [0.25, 0.3) is 11.5 Å². The molecule has 0 aliphatic carbocycles. The second-order valence-corrected chi connectivity index (χ2v) is 8.26. The lowest BCUT2D eigenvalue weighted by molar-refractivity contribution is -0.116. The minimum Gasteiger partial charge on any atom is -0.360 e. The number of aryl methyl sites for hydroxylation is 3. The zero-order chi connectivity index (χ0) is 22.8. The molecule has 3 aromatic rings. The fraction of sp³-hybridized carbons (Fsp3) is 0.333. The van der Waals surface area contributed by atoms with Gasteiger partial charge in [0, 0.05) is 24.9 Å². The Morgan fingerprint density at radius 2 is 1.94 bits per heavy atom. The number of benzene rings is 1. The van der Waals surface area contributed by atoms with Gasteiger partial charge >= 0.3 is 0 Å². The smallest absolute Gasteiger partial charge is 0.255 e. The van der Waals surface area contributed by atoms with Crippen LogP contribution in [0.5, 0.6) is 0 Å². The molecule has 1 aliphatic rings. The Morgan fingerprint density at radius 1 is 1.12 bits per heavy atom. The first-order chi connectivity index (χ1) is 15.3. The number of anilines is 1. The van der Waals surface area contributed by atoms with Crippen LogP contribution in [0, 0.1) is 20.8 Å². The lowest BCUT2D eigenvalue weighted by Gasteiger charge is -2.26. The number of amides is 2. The van der Waals surface area contributed by atoms with Gasteiger partial charge in [-0.3, -0.25) is 14.4 Å². The Morgan fingerprint density at radius 3 is 2.66 bits per heavy atom. The molecular weight excluding hydrogens is 408 g/mol. The molecule has 0 saturated carbocycles. The van der Waals surface area contributed by atoms with Gasteiger partial charge in [0.05, 0.1) is 11.6 Å². The zero-order valence-electron chi connectivity index (χ0n) is 18.4. The summed E-state index contributed by atoms with van der Waals surface area (Å²) in [6, 6.07) is 10.7. The second-order valence-electron chi connectivity index (χ2n) is 8.26. The van der Waals surface area contributed by atoms with Crippen LogP contribution in [0.3, 0.4) is 0 Å². The van der Waals surface area contributed by atoms with Crippen molar-refractivity contribution in [1.82, 2.24) is 14.6 Å². The zero-order valence-corrected chi connectivity index (χ0v) is 18.4. The highest BCUT2D eigenvalue weighted by molar-refractivity contribution is 5.94. The summed E-state index contributed by atoms with van der Waals surface area (Å²) in [6.07, 6.45) is 3.27. The average Bonchev–Trinajstić information content (AvgIpc) is 3.40. The Balaban J connectivity index is 1.52. The van der Waals surface area contributed by atoms with Crippen molar-refractivity contribution in [2.75, 3.05) is 11.9 Å². The van der Waals surface area contributed by atoms with Crippen molar-refractivity contribution in [2.24, 2.45) is 0 Å². The third-order valence-electron chi connectivity index (χ3n) is 5.87. The van der Waals surface area contributed by atoms with Crippen LogP contribution in [-0.2, 0) is 11.3 Å². The summed E-state index contributed by atoms with van der Waals surface area (Å²) in [7, 11) is 0. The van der Waals surface area contributed by atoms with E-state index < -0.39 is 5.91 Å². The maximum atomic E-state index is 13.3. The SMILES string of the molecule is Cc1cc(NC(=O)Cn2cc(C(=O)N3CCCC3c3ccc(C)c(C)c3)ccc2=O)no1. The molecule has 1 fully saturated rings. The Labute approximate surface area is 185 Å². The van der Waals surface area contributed by atoms with Crippen molar-refractivity contribution in [1.29, 1.82) is 0 Å². The molecule has 1 atom stereocenters. The molecule has 1 N–H and O–H groups in total. The van der Waals surface area contributed by atoms with Crippen molar-refractivity contribution >= 4 is 17.6 Å². The summed E-state index contributed by atoms with van der Waals surface area (Å²) >= 11 is 0. The van der Waals surface area contributed by atoms with E-state index in [1.54, 1.807) is 13.0 Å². The van der Waals surface area contributed by atoms with Crippen molar-refractivity contribution in [3.8, 4) is 0 Å². The van der Waals surface area contributed by atoms with Crippen molar-refractivity contribution in [2.45, 2.75) is 46.2 Å². The molecule has 1 aliphatic heterocycles. The number of hydrogen-bond donors (Lipinski definition) is 1. The Hall–Kier alpha value is -3.68. The third kappa shape index (κ3) is 4.49. The first-order valence-electron chi connectivity index (χ1n) is 10.6. The quantitative estimate of drug-likeness (QED) is 0.664. The predicted molar refractivity (Wildman–Crippen MR) is 119 cm³/mol. The second kappa shape index (κ2) is 8.82. The highest BCUT2D eigenvalue weighted by Gasteiger charge is 2.31. The van der Waals surface area contributed by atoms with E-state index in [0.29, 0.717) is 17.9 Å². The lowest BCUT2D eigenvalue weighted by atomic mass is 9.99. The van der Waals surface area contributed by atoms with Gasteiger partial charge in [-0.25, -0.2) is 0 Å². The topological polar surface area (TPSA) is 97.4 Å². The van der Waals surface area contributed by atoms with Crippen LogP contribution >= 0.6 is 0 Å². The maximum Gasteiger partial charge on any atom is 0.255 e. The fourth-order valence-corrected chi connectivity index (χ4v) is 4.04. The standard InChI is InChI=1S/C24H26N4O4/c1-15-6-7-18(11-16(15)2)20-5-4-10-28(20)24(31)19-8-9-23(30)27(13-19)14-22(29)25-21-12-17(3)32-26-21/h6-9,11-13,20H,4-5,10,14H2,1-3H3,(H,25,26,29). The maximum absolute atomic E-state index is 13.3. The number of rotatable bonds is 5. The number of carbonyl (C=O) groups excluding carboxylic acids is 2. The van der Waals surface area contributed by atoms with E-state index in [0.717, 1.165) is 18.4 Å². The van der Waals surface area contributed by atoms with E-state index in [9.17, 15) is 14.4 Å². The van der Waals surface area contributed by atoms with Crippen LogP contribution < -0.4 is 10.9 Å². The predicted octanol–water partition coefficient (Wildman–Crippen LogP) is 3.38. The first kappa shape index (κ1) is 21.5. The summed E-state index contributed by atoms with van der Waals surface area (Å²) in [5.41, 5.74) is 3.56. The van der Waals surface area contributed by atoms with Crippen LogP contribution in [-0.4, -0.2) is 33.0 Å². The van der Waals surface area contributed by atoms with E-state index in [4.69, 9.17) is 4.52 Å². The Bertz CT molecular complexity index is 1230. The molecule has 0 spiro atoms. The van der Waals surface area contributed by atoms with Crippen molar-refractivity contribution < 1.29 is 14.1 Å². The minimum absolute atomic E-state index is 0.000816. The van der Waals surface area contributed by atoms with E-state index in [2.05, 4.69) is 42.5 Å². The molecule has 8 heteroatoms. The molecule has 0 radical (unpaired) electrons. The molecule has 1 aromatic carbocycles. The number of hydrogen-bond acceptors (Lipinski definition) is 5. The average molecular weight is 434 g/mol. The molecular formula is C24H26N4O4. The van der Waals surface area contributed by atoms with E-state index in [1.165, 1.54) is 34.0 Å². The van der Waals surface area contributed by atoms with E-state index >= 15 is 0 Å². The van der Waals surface area contributed by atoms with Gasteiger partial charge < -0.3 is 19.3 Å². The number of carbonyl (C=O) groups is 2.